The van der Waals surface area contributed by atoms with E-state index in [0.717, 1.165) is 34.5 Å². The molecule has 0 aromatic heterocycles. The lowest BCUT2D eigenvalue weighted by Gasteiger charge is -2.15. The monoisotopic (exact) mass is 464 g/mol. The van der Waals surface area contributed by atoms with Crippen LogP contribution in [-0.2, 0) is 14.4 Å². The van der Waals surface area contributed by atoms with Crippen LogP contribution in [0.3, 0.4) is 0 Å². The van der Waals surface area contributed by atoms with E-state index in [2.05, 4.69) is 19.7 Å². The molecule has 0 fully saturated rings. The first-order chi connectivity index (χ1) is 12.6. The van der Waals surface area contributed by atoms with E-state index in [4.69, 9.17) is 0 Å². The molecule has 0 saturated heterocycles. The van der Waals surface area contributed by atoms with Gasteiger partial charge in [0, 0.05) is 39.8 Å². The molecule has 0 bridgehead atoms. The highest BCUT2D eigenvalue weighted by Crippen LogP contribution is 2.24. The van der Waals surface area contributed by atoms with Gasteiger partial charge in [0.1, 0.15) is 0 Å². The highest BCUT2D eigenvalue weighted by atomic mass is 32.2. The Bertz CT molecular complexity index is 572. The second-order valence-electron chi connectivity index (χ2n) is 5.78. The Morgan fingerprint density at radius 1 is 0.667 bits per heavy atom. The van der Waals surface area contributed by atoms with Crippen molar-refractivity contribution in [3.63, 3.8) is 0 Å². The first-order valence-electron chi connectivity index (χ1n) is 8.32. The average molecular weight is 465 g/mol. The minimum atomic E-state index is 0.0278. The van der Waals surface area contributed by atoms with Gasteiger partial charge in [0.2, 0.25) is 15.3 Å². The van der Waals surface area contributed by atoms with Crippen molar-refractivity contribution >= 4 is 74.2 Å². The van der Waals surface area contributed by atoms with Crippen LogP contribution in [0.2, 0.25) is 0 Å². The summed E-state index contributed by atoms with van der Waals surface area (Å²) in [4.78, 5) is 34.9. The van der Waals surface area contributed by atoms with E-state index in [-0.39, 0.29) is 15.3 Å². The quantitative estimate of drug-likeness (QED) is 0.253. The molecule has 152 valence electrons. The van der Waals surface area contributed by atoms with Crippen LogP contribution < -0.4 is 0 Å². The van der Waals surface area contributed by atoms with E-state index in [1.54, 1.807) is 44.3 Å². The number of carbonyl (C=O) groups excluding carboxylic acids is 3. The molecule has 0 aromatic rings. The van der Waals surface area contributed by atoms with Crippen molar-refractivity contribution in [2.75, 3.05) is 34.5 Å². The summed E-state index contributed by atoms with van der Waals surface area (Å²) < 4.78 is 0. The second-order valence-corrected chi connectivity index (χ2v) is 11.5. The molecule has 3 nitrogen and oxygen atoms in total. The molecular formula is C19H28O3S5. The van der Waals surface area contributed by atoms with E-state index >= 15 is 0 Å². The molecular weight excluding hydrogens is 437 g/mol. The van der Waals surface area contributed by atoms with Crippen LogP contribution in [0.15, 0.2) is 36.5 Å². The van der Waals surface area contributed by atoms with E-state index in [0.29, 0.717) is 22.0 Å². The number of carbonyl (C=O) groups is 3. The molecule has 0 aliphatic carbocycles. The highest BCUT2D eigenvalue weighted by molar-refractivity contribution is 8.16. The first-order valence-corrected chi connectivity index (χ1v) is 13.5. The molecule has 1 atom stereocenters. The predicted octanol–water partition coefficient (Wildman–Crippen LogP) is 5.33. The van der Waals surface area contributed by atoms with E-state index in [9.17, 15) is 14.4 Å². The summed E-state index contributed by atoms with van der Waals surface area (Å²) in [5.41, 5.74) is 1.71. The van der Waals surface area contributed by atoms with Gasteiger partial charge >= 0.3 is 0 Å². The lowest BCUT2D eigenvalue weighted by molar-refractivity contribution is -0.108. The predicted molar refractivity (Wildman–Crippen MR) is 130 cm³/mol. The Morgan fingerprint density at radius 3 is 1.59 bits per heavy atom. The smallest absolute Gasteiger partial charge is 0.214 e. The minimum absolute atomic E-state index is 0.0278. The largest absolute Gasteiger partial charge is 0.282 e. The molecule has 1 unspecified atom stereocenters. The lowest BCUT2D eigenvalue weighted by Crippen LogP contribution is -2.14. The van der Waals surface area contributed by atoms with E-state index in [1.165, 1.54) is 35.3 Å². The molecule has 0 aromatic carbocycles. The van der Waals surface area contributed by atoms with Crippen LogP contribution in [0.5, 0.6) is 0 Å². The van der Waals surface area contributed by atoms with Gasteiger partial charge in [-0.2, -0.15) is 23.5 Å². The molecule has 0 aliphatic heterocycles. The summed E-state index contributed by atoms with van der Waals surface area (Å²) in [6, 6.07) is 0. The molecule has 27 heavy (non-hydrogen) atoms. The molecule has 0 radical (unpaired) electrons. The van der Waals surface area contributed by atoms with Gasteiger partial charge in [0.15, 0.2) is 0 Å². The Morgan fingerprint density at radius 2 is 1.11 bits per heavy atom. The van der Waals surface area contributed by atoms with Crippen molar-refractivity contribution in [1.29, 1.82) is 0 Å². The van der Waals surface area contributed by atoms with Gasteiger partial charge < -0.3 is 0 Å². The molecule has 0 heterocycles. The Labute approximate surface area is 184 Å². The van der Waals surface area contributed by atoms with Crippen molar-refractivity contribution in [1.82, 2.24) is 0 Å². The summed E-state index contributed by atoms with van der Waals surface area (Å²) in [6.07, 6.45) is 0. The number of hydrogen-bond acceptors (Lipinski definition) is 8. The zero-order chi connectivity index (χ0) is 20.8. The fourth-order valence-electron chi connectivity index (χ4n) is 1.44. The van der Waals surface area contributed by atoms with Crippen molar-refractivity contribution in [2.45, 2.75) is 26.0 Å². The maximum Gasteiger partial charge on any atom is 0.214 e. The van der Waals surface area contributed by atoms with Crippen molar-refractivity contribution in [3.05, 3.63) is 36.5 Å². The zero-order valence-electron chi connectivity index (χ0n) is 16.2. The van der Waals surface area contributed by atoms with Gasteiger partial charge in [-0.15, -0.1) is 0 Å². The van der Waals surface area contributed by atoms with E-state index in [1.807, 2.05) is 0 Å². The number of hydrogen-bond donors (Lipinski definition) is 0. The third-order valence-corrected chi connectivity index (χ3v) is 9.41. The van der Waals surface area contributed by atoms with Gasteiger partial charge in [0.05, 0.1) is 0 Å². The number of rotatable bonds is 14. The molecule has 0 aliphatic rings. The summed E-state index contributed by atoms with van der Waals surface area (Å²) >= 11 is 7.46. The van der Waals surface area contributed by atoms with Crippen LogP contribution in [0.1, 0.15) is 20.8 Å². The summed E-state index contributed by atoms with van der Waals surface area (Å²) in [5, 5.41) is 0.418. The minimum Gasteiger partial charge on any atom is -0.282 e. The highest BCUT2D eigenvalue weighted by Gasteiger charge is 2.14. The Balaban J connectivity index is 4.27. The lowest BCUT2D eigenvalue weighted by atomic mass is 10.4. The molecule has 0 saturated carbocycles. The number of thioether (sulfide) groups is 5. The van der Waals surface area contributed by atoms with Crippen molar-refractivity contribution < 1.29 is 14.4 Å². The maximum absolute atomic E-state index is 11.8. The molecule has 0 rings (SSSR count). The van der Waals surface area contributed by atoms with Gasteiger partial charge in [-0.3, -0.25) is 14.4 Å². The third-order valence-electron chi connectivity index (χ3n) is 2.88. The van der Waals surface area contributed by atoms with Crippen LogP contribution in [0.25, 0.3) is 0 Å². The van der Waals surface area contributed by atoms with Crippen LogP contribution in [-0.4, -0.2) is 55.1 Å². The first kappa shape index (κ1) is 27.0. The molecule has 0 amide bonds. The Hall–Kier alpha value is -0.0200. The molecule has 8 heteroatoms. The van der Waals surface area contributed by atoms with Crippen molar-refractivity contribution in [2.24, 2.45) is 0 Å². The topological polar surface area (TPSA) is 51.2 Å². The molecule has 0 spiro atoms. The van der Waals surface area contributed by atoms with Gasteiger partial charge in [-0.05, 0) is 37.5 Å². The van der Waals surface area contributed by atoms with Crippen LogP contribution >= 0.6 is 58.8 Å². The zero-order valence-corrected chi connectivity index (χ0v) is 20.3. The van der Waals surface area contributed by atoms with Gasteiger partial charge in [-0.1, -0.05) is 55.0 Å². The standard InChI is InChI=1S/C19H28O3S5/c1-13(2)17(20)25-8-7-23-11-16(12-27-19(22)15(5)6)24-9-10-26-18(21)14(3)4/h16H,1,3,5,7-12H2,2,4,6H3. The molecule has 0 N–H and O–H groups in total. The summed E-state index contributed by atoms with van der Waals surface area (Å²) in [5.74, 6) is 4.85. The van der Waals surface area contributed by atoms with Crippen LogP contribution in [0.4, 0.5) is 0 Å². The average Bonchev–Trinajstić information content (AvgIpc) is 2.60. The normalized spacial score (nSPS) is 11.7. The van der Waals surface area contributed by atoms with Crippen LogP contribution in [0, 0.1) is 0 Å². The van der Waals surface area contributed by atoms with Crippen molar-refractivity contribution in [3.8, 4) is 0 Å². The fraction of sp³-hybridized carbons (Fsp3) is 0.526. The SMILES string of the molecule is C=C(C)C(=O)SCCSCC(CSC(=O)C(=C)C)SCCSC(=O)C(=C)C. The van der Waals surface area contributed by atoms with E-state index < -0.39 is 0 Å². The maximum atomic E-state index is 11.8. The third kappa shape index (κ3) is 14.6. The fourth-order valence-corrected chi connectivity index (χ4v) is 6.82. The Kier molecular flexibility index (Phi) is 15.8. The van der Waals surface area contributed by atoms with Gasteiger partial charge in [-0.25, -0.2) is 0 Å². The second kappa shape index (κ2) is 15.9. The summed E-state index contributed by atoms with van der Waals surface area (Å²) in [6.45, 7) is 16.2. The van der Waals surface area contributed by atoms with Gasteiger partial charge in [0.25, 0.3) is 0 Å². The summed E-state index contributed by atoms with van der Waals surface area (Å²) in [7, 11) is 0.